The summed E-state index contributed by atoms with van der Waals surface area (Å²) < 4.78 is 1.86. The van der Waals surface area contributed by atoms with Crippen molar-refractivity contribution >= 4 is 11.9 Å². The summed E-state index contributed by atoms with van der Waals surface area (Å²) in [5.41, 5.74) is 1.99. The van der Waals surface area contributed by atoms with Crippen molar-refractivity contribution in [2.24, 2.45) is 5.92 Å². The Kier molecular flexibility index (Phi) is 4.65. The van der Waals surface area contributed by atoms with E-state index in [1.54, 1.807) is 0 Å². The predicted molar refractivity (Wildman–Crippen MR) is 77.9 cm³/mol. The molecule has 0 aliphatic heterocycles. The Morgan fingerprint density at radius 2 is 2.19 bits per heavy atom. The van der Waals surface area contributed by atoms with Gasteiger partial charge in [-0.15, -0.1) is 0 Å². The van der Waals surface area contributed by atoms with E-state index in [0.29, 0.717) is 19.3 Å². The largest absolute Gasteiger partial charge is 0.481 e. The SMILES string of the molecule is Cc1cc(C)n(C(C)CC(=O)N[C@@H]2CC[C@H](C(=O)O)C2)n1. The van der Waals surface area contributed by atoms with Gasteiger partial charge in [-0.1, -0.05) is 0 Å². The van der Waals surface area contributed by atoms with E-state index in [4.69, 9.17) is 5.11 Å². The third-order valence-electron chi connectivity index (χ3n) is 4.09. The van der Waals surface area contributed by atoms with Crippen molar-refractivity contribution in [1.29, 1.82) is 0 Å². The molecule has 0 bridgehead atoms. The lowest BCUT2D eigenvalue weighted by atomic mass is 10.1. The van der Waals surface area contributed by atoms with Crippen LogP contribution >= 0.6 is 0 Å². The summed E-state index contributed by atoms with van der Waals surface area (Å²) >= 11 is 0. The summed E-state index contributed by atoms with van der Waals surface area (Å²) in [5, 5.41) is 16.3. The molecule has 3 atom stereocenters. The van der Waals surface area contributed by atoms with E-state index in [1.165, 1.54) is 0 Å². The van der Waals surface area contributed by atoms with E-state index in [-0.39, 0.29) is 23.9 Å². The van der Waals surface area contributed by atoms with Crippen LogP contribution in [0.2, 0.25) is 0 Å². The molecule has 0 aromatic carbocycles. The van der Waals surface area contributed by atoms with Crippen molar-refractivity contribution in [1.82, 2.24) is 15.1 Å². The number of nitrogens with zero attached hydrogens (tertiary/aromatic N) is 2. The van der Waals surface area contributed by atoms with Crippen LogP contribution in [0, 0.1) is 19.8 Å². The van der Waals surface area contributed by atoms with Crippen LogP contribution in [0.5, 0.6) is 0 Å². The zero-order valence-corrected chi connectivity index (χ0v) is 12.8. The second-order valence-corrected chi connectivity index (χ2v) is 6.04. The van der Waals surface area contributed by atoms with E-state index in [2.05, 4.69) is 10.4 Å². The number of carbonyl (C=O) groups excluding carboxylic acids is 1. The highest BCUT2D eigenvalue weighted by Gasteiger charge is 2.30. The van der Waals surface area contributed by atoms with Gasteiger partial charge in [-0.3, -0.25) is 14.3 Å². The van der Waals surface area contributed by atoms with Crippen LogP contribution in [-0.4, -0.2) is 32.8 Å². The highest BCUT2D eigenvalue weighted by molar-refractivity contribution is 5.77. The number of aryl methyl sites for hydroxylation is 2. The first-order valence-corrected chi connectivity index (χ1v) is 7.41. The van der Waals surface area contributed by atoms with Gasteiger partial charge in [-0.2, -0.15) is 5.10 Å². The maximum absolute atomic E-state index is 12.1. The maximum Gasteiger partial charge on any atom is 0.306 e. The van der Waals surface area contributed by atoms with Crippen LogP contribution in [-0.2, 0) is 9.59 Å². The molecule has 0 saturated heterocycles. The van der Waals surface area contributed by atoms with E-state index < -0.39 is 5.97 Å². The molecule has 1 aliphatic rings. The predicted octanol–water partition coefficient (Wildman–Crippen LogP) is 1.82. The first-order chi connectivity index (χ1) is 9.86. The van der Waals surface area contributed by atoms with E-state index in [0.717, 1.165) is 17.8 Å². The van der Waals surface area contributed by atoms with Gasteiger partial charge in [0.2, 0.25) is 5.91 Å². The fraction of sp³-hybridized carbons (Fsp3) is 0.667. The number of hydrogen-bond acceptors (Lipinski definition) is 3. The van der Waals surface area contributed by atoms with Crippen LogP contribution in [0.1, 0.15) is 50.0 Å². The molecule has 0 spiro atoms. The number of amides is 1. The second kappa shape index (κ2) is 6.28. The quantitative estimate of drug-likeness (QED) is 0.867. The molecule has 21 heavy (non-hydrogen) atoms. The third kappa shape index (κ3) is 3.83. The Balaban J connectivity index is 1.85. The van der Waals surface area contributed by atoms with Gasteiger partial charge in [0.25, 0.3) is 0 Å². The molecular weight excluding hydrogens is 270 g/mol. The van der Waals surface area contributed by atoms with Crippen molar-refractivity contribution in [3.8, 4) is 0 Å². The lowest BCUT2D eigenvalue weighted by Gasteiger charge is -2.17. The average molecular weight is 293 g/mol. The number of carboxylic acids is 1. The summed E-state index contributed by atoms with van der Waals surface area (Å²) in [6.45, 7) is 5.87. The summed E-state index contributed by atoms with van der Waals surface area (Å²) in [7, 11) is 0. The molecule has 1 unspecified atom stereocenters. The second-order valence-electron chi connectivity index (χ2n) is 6.04. The van der Waals surface area contributed by atoms with Gasteiger partial charge in [0.05, 0.1) is 17.7 Å². The molecule has 2 N–H and O–H groups in total. The lowest BCUT2D eigenvalue weighted by Crippen LogP contribution is -2.34. The van der Waals surface area contributed by atoms with Crippen molar-refractivity contribution in [2.45, 2.75) is 58.5 Å². The van der Waals surface area contributed by atoms with Crippen LogP contribution in [0.4, 0.5) is 0 Å². The number of carbonyl (C=O) groups is 2. The van der Waals surface area contributed by atoms with Gasteiger partial charge in [-0.05, 0) is 46.1 Å². The maximum atomic E-state index is 12.1. The molecular formula is C15H23N3O3. The normalized spacial score (nSPS) is 23.0. The molecule has 2 rings (SSSR count). The number of aromatic nitrogens is 2. The van der Waals surface area contributed by atoms with Crippen LogP contribution in [0.3, 0.4) is 0 Å². The first-order valence-electron chi connectivity index (χ1n) is 7.41. The third-order valence-corrected chi connectivity index (χ3v) is 4.09. The summed E-state index contributed by atoms with van der Waals surface area (Å²) in [6, 6.07) is 1.98. The Morgan fingerprint density at radius 1 is 1.48 bits per heavy atom. The van der Waals surface area contributed by atoms with Gasteiger partial charge in [0.15, 0.2) is 0 Å². The van der Waals surface area contributed by atoms with Crippen LogP contribution in [0.15, 0.2) is 6.07 Å². The van der Waals surface area contributed by atoms with Crippen molar-refractivity contribution in [2.75, 3.05) is 0 Å². The summed E-state index contributed by atoms with van der Waals surface area (Å²) in [4.78, 5) is 23.0. The molecule has 1 aromatic rings. The zero-order valence-electron chi connectivity index (χ0n) is 12.8. The smallest absolute Gasteiger partial charge is 0.306 e. The number of carboxylic acid groups (broad SMARTS) is 1. The minimum absolute atomic E-state index is 0.00428. The highest BCUT2D eigenvalue weighted by Crippen LogP contribution is 2.26. The van der Waals surface area contributed by atoms with E-state index in [1.807, 2.05) is 31.5 Å². The van der Waals surface area contributed by atoms with Crippen molar-refractivity contribution in [3.05, 3.63) is 17.5 Å². The van der Waals surface area contributed by atoms with Gasteiger partial charge >= 0.3 is 5.97 Å². The lowest BCUT2D eigenvalue weighted by molar-refractivity contribution is -0.141. The fourth-order valence-electron chi connectivity index (χ4n) is 3.07. The molecule has 1 fully saturated rings. The minimum Gasteiger partial charge on any atom is -0.481 e. The first kappa shape index (κ1) is 15.5. The highest BCUT2D eigenvalue weighted by atomic mass is 16.4. The monoisotopic (exact) mass is 293 g/mol. The Hall–Kier alpha value is -1.85. The van der Waals surface area contributed by atoms with Gasteiger partial charge < -0.3 is 10.4 Å². The van der Waals surface area contributed by atoms with Crippen LogP contribution < -0.4 is 5.32 Å². The summed E-state index contributed by atoms with van der Waals surface area (Å²) in [6.07, 6.45) is 2.29. The molecule has 1 saturated carbocycles. The molecule has 6 nitrogen and oxygen atoms in total. The van der Waals surface area contributed by atoms with E-state index in [9.17, 15) is 9.59 Å². The van der Waals surface area contributed by atoms with Crippen LogP contribution in [0.25, 0.3) is 0 Å². The minimum atomic E-state index is -0.761. The Labute approximate surface area is 124 Å². The molecule has 6 heteroatoms. The average Bonchev–Trinajstić information content (AvgIpc) is 2.95. The fourth-order valence-corrected chi connectivity index (χ4v) is 3.07. The number of rotatable bonds is 5. The summed E-state index contributed by atoms with van der Waals surface area (Å²) in [5.74, 6) is -1.11. The zero-order chi connectivity index (χ0) is 15.6. The molecule has 0 radical (unpaired) electrons. The topological polar surface area (TPSA) is 84.2 Å². The number of aliphatic carboxylic acids is 1. The van der Waals surface area contributed by atoms with Gasteiger partial charge in [0.1, 0.15) is 0 Å². The molecule has 1 amide bonds. The number of nitrogens with one attached hydrogen (secondary N) is 1. The van der Waals surface area contributed by atoms with Crippen molar-refractivity contribution in [3.63, 3.8) is 0 Å². The Morgan fingerprint density at radius 3 is 2.71 bits per heavy atom. The molecule has 1 heterocycles. The molecule has 116 valence electrons. The van der Waals surface area contributed by atoms with Gasteiger partial charge in [-0.25, -0.2) is 0 Å². The number of hydrogen-bond donors (Lipinski definition) is 2. The molecule has 1 aromatic heterocycles. The standard InChI is InChI=1S/C15H23N3O3/c1-9-6-10(2)18(17-9)11(3)7-14(19)16-13-5-4-12(8-13)15(20)21/h6,11-13H,4-5,7-8H2,1-3H3,(H,16,19)(H,20,21)/t11?,12-,13+/m0/s1. The molecule has 1 aliphatic carbocycles. The van der Waals surface area contributed by atoms with Gasteiger partial charge in [0, 0.05) is 18.2 Å². The Bertz CT molecular complexity index is 538. The van der Waals surface area contributed by atoms with E-state index >= 15 is 0 Å². The van der Waals surface area contributed by atoms with Crippen molar-refractivity contribution < 1.29 is 14.7 Å².